The minimum atomic E-state index is -0.437. The normalized spacial score (nSPS) is 18.7. The molecule has 3 N–H and O–H groups in total. The summed E-state index contributed by atoms with van der Waals surface area (Å²) in [7, 11) is 0. The molecular weight excluding hydrogens is 290 g/mol. The molecule has 1 fully saturated rings. The second kappa shape index (κ2) is 8.69. The molecule has 5 nitrogen and oxygen atoms in total. The van der Waals surface area contributed by atoms with Gasteiger partial charge in [0.15, 0.2) is 0 Å². The first-order chi connectivity index (χ1) is 10.6. The van der Waals surface area contributed by atoms with Gasteiger partial charge in [-0.05, 0) is 25.7 Å². The molecule has 0 aromatic heterocycles. The van der Waals surface area contributed by atoms with Gasteiger partial charge in [-0.15, -0.1) is 0 Å². The number of hydrogen-bond acceptors (Lipinski definition) is 3. The van der Waals surface area contributed by atoms with Crippen LogP contribution in [0.1, 0.15) is 47.5 Å². The maximum Gasteiger partial charge on any atom is 0.315 e. The molecule has 5 heteroatoms. The number of urea groups is 1. The first-order valence-corrected chi connectivity index (χ1v) is 8.71. The van der Waals surface area contributed by atoms with Crippen molar-refractivity contribution in [2.45, 2.75) is 59.6 Å². The predicted molar refractivity (Wildman–Crippen MR) is 95.4 cm³/mol. The number of piperidine rings is 1. The topological polar surface area (TPSA) is 64.6 Å². The third-order valence-corrected chi connectivity index (χ3v) is 4.55. The van der Waals surface area contributed by atoms with Crippen LogP contribution in [0.4, 0.5) is 4.79 Å². The summed E-state index contributed by atoms with van der Waals surface area (Å²) in [6, 6.07) is 0.0990. The molecular formula is C18H35N3O2. The molecule has 0 saturated carbocycles. The Morgan fingerprint density at radius 3 is 2.39 bits per heavy atom. The molecule has 2 amide bonds. The molecule has 0 spiro atoms. The van der Waals surface area contributed by atoms with Crippen LogP contribution in [0.25, 0.3) is 0 Å². The molecule has 0 aliphatic carbocycles. The second-order valence-corrected chi connectivity index (χ2v) is 8.01. The lowest BCUT2D eigenvalue weighted by Crippen LogP contribution is -2.51. The average molecular weight is 325 g/mol. The maximum absolute atomic E-state index is 12.1. The molecule has 1 aliphatic rings. The van der Waals surface area contributed by atoms with E-state index in [0.29, 0.717) is 6.54 Å². The lowest BCUT2D eigenvalue weighted by Gasteiger charge is -2.34. The van der Waals surface area contributed by atoms with Gasteiger partial charge < -0.3 is 15.7 Å². The van der Waals surface area contributed by atoms with E-state index < -0.39 is 6.10 Å². The average Bonchev–Trinajstić information content (AvgIpc) is 2.46. The number of nitrogens with one attached hydrogen (secondary N) is 2. The third-order valence-electron chi connectivity index (χ3n) is 4.55. The Balaban J connectivity index is 2.31. The molecule has 1 rings (SSSR count). The first-order valence-electron chi connectivity index (χ1n) is 8.71. The fourth-order valence-electron chi connectivity index (χ4n) is 3.17. The van der Waals surface area contributed by atoms with Crippen molar-refractivity contribution in [3.05, 3.63) is 12.2 Å². The molecule has 1 aliphatic heterocycles. The monoisotopic (exact) mass is 325 g/mol. The van der Waals surface area contributed by atoms with Gasteiger partial charge in [-0.3, -0.25) is 4.90 Å². The van der Waals surface area contributed by atoms with Crippen LogP contribution in [-0.2, 0) is 0 Å². The molecule has 1 unspecified atom stereocenters. The summed E-state index contributed by atoms with van der Waals surface area (Å²) in [6.45, 7) is 17.3. The van der Waals surface area contributed by atoms with Gasteiger partial charge in [0, 0.05) is 37.6 Å². The van der Waals surface area contributed by atoms with Crippen molar-refractivity contribution >= 4 is 6.03 Å². The van der Waals surface area contributed by atoms with Crippen molar-refractivity contribution < 1.29 is 9.90 Å². The fourth-order valence-corrected chi connectivity index (χ4v) is 3.17. The Bertz CT molecular complexity index is 399. The highest BCUT2D eigenvalue weighted by molar-refractivity contribution is 5.74. The van der Waals surface area contributed by atoms with E-state index >= 15 is 0 Å². The number of aliphatic hydroxyl groups excluding tert-OH is 1. The minimum absolute atomic E-state index is 0.132. The fraction of sp³-hybridized carbons (Fsp3) is 0.833. The summed E-state index contributed by atoms with van der Waals surface area (Å²) in [5, 5.41) is 16.2. The highest BCUT2D eigenvalue weighted by Gasteiger charge is 2.30. The number of carbonyl (C=O) groups is 1. The Morgan fingerprint density at radius 1 is 1.35 bits per heavy atom. The van der Waals surface area contributed by atoms with E-state index in [4.69, 9.17) is 0 Å². The standard InChI is InChI=1S/C18H35N3O2/c1-13(2)11-21-9-7-15(8-10-21)20-17(23)19-12-18(5,6)16(22)14(3)4/h14-16,22H,1,7-12H2,2-6H3,(H2,19,20,23). The van der Waals surface area contributed by atoms with Gasteiger partial charge in [0.25, 0.3) is 0 Å². The van der Waals surface area contributed by atoms with E-state index in [1.54, 1.807) is 0 Å². The summed E-state index contributed by atoms with van der Waals surface area (Å²) >= 11 is 0. The van der Waals surface area contributed by atoms with Crippen LogP contribution in [0.15, 0.2) is 12.2 Å². The summed E-state index contributed by atoms with van der Waals surface area (Å²) in [5.41, 5.74) is 0.844. The SMILES string of the molecule is C=C(C)CN1CCC(NC(=O)NCC(C)(C)C(O)C(C)C)CC1. The lowest BCUT2D eigenvalue weighted by atomic mass is 9.81. The maximum atomic E-state index is 12.1. The van der Waals surface area contributed by atoms with Crippen LogP contribution in [0.3, 0.4) is 0 Å². The van der Waals surface area contributed by atoms with Crippen molar-refractivity contribution in [3.63, 3.8) is 0 Å². The van der Waals surface area contributed by atoms with E-state index in [-0.39, 0.29) is 23.4 Å². The molecule has 0 aromatic carbocycles. The Hall–Kier alpha value is -1.07. The smallest absolute Gasteiger partial charge is 0.315 e. The number of likely N-dealkylation sites (tertiary alicyclic amines) is 1. The van der Waals surface area contributed by atoms with Crippen LogP contribution in [0, 0.1) is 11.3 Å². The lowest BCUT2D eigenvalue weighted by molar-refractivity contribution is 0.0151. The van der Waals surface area contributed by atoms with Crippen molar-refractivity contribution in [2.24, 2.45) is 11.3 Å². The summed E-state index contributed by atoms with van der Waals surface area (Å²) in [5.74, 6) is 0.174. The van der Waals surface area contributed by atoms with Gasteiger partial charge in [0.05, 0.1) is 6.10 Å². The molecule has 1 saturated heterocycles. The van der Waals surface area contributed by atoms with Crippen LogP contribution in [0.5, 0.6) is 0 Å². The van der Waals surface area contributed by atoms with E-state index in [9.17, 15) is 9.90 Å². The van der Waals surface area contributed by atoms with E-state index in [0.717, 1.165) is 32.5 Å². The zero-order valence-corrected chi connectivity index (χ0v) is 15.5. The summed E-state index contributed by atoms with van der Waals surface area (Å²) < 4.78 is 0. The second-order valence-electron chi connectivity index (χ2n) is 8.01. The van der Waals surface area contributed by atoms with Crippen molar-refractivity contribution in [1.82, 2.24) is 15.5 Å². The number of amides is 2. The molecule has 1 atom stereocenters. The first kappa shape index (κ1) is 20.0. The Labute approximate surface area is 141 Å². The van der Waals surface area contributed by atoms with Gasteiger partial charge in [-0.25, -0.2) is 4.79 Å². The van der Waals surface area contributed by atoms with Gasteiger partial charge >= 0.3 is 6.03 Å². The zero-order chi connectivity index (χ0) is 17.6. The number of aliphatic hydroxyl groups is 1. The van der Waals surface area contributed by atoms with E-state index in [1.165, 1.54) is 5.57 Å². The molecule has 0 radical (unpaired) electrons. The predicted octanol–water partition coefficient (Wildman–Crippen LogP) is 2.37. The Kier molecular flexibility index (Phi) is 7.55. The minimum Gasteiger partial charge on any atom is -0.392 e. The van der Waals surface area contributed by atoms with E-state index in [2.05, 4.69) is 22.1 Å². The molecule has 23 heavy (non-hydrogen) atoms. The largest absolute Gasteiger partial charge is 0.392 e. The third kappa shape index (κ3) is 6.92. The number of nitrogens with zero attached hydrogens (tertiary/aromatic N) is 1. The van der Waals surface area contributed by atoms with Crippen molar-refractivity contribution in [3.8, 4) is 0 Å². The van der Waals surface area contributed by atoms with Gasteiger partial charge in [0.1, 0.15) is 0 Å². The highest BCUT2D eigenvalue weighted by atomic mass is 16.3. The highest BCUT2D eigenvalue weighted by Crippen LogP contribution is 2.25. The van der Waals surface area contributed by atoms with Crippen LogP contribution in [-0.4, -0.2) is 54.4 Å². The van der Waals surface area contributed by atoms with E-state index in [1.807, 2.05) is 34.6 Å². The van der Waals surface area contributed by atoms with Gasteiger partial charge in [-0.1, -0.05) is 39.8 Å². The van der Waals surface area contributed by atoms with Crippen LogP contribution >= 0.6 is 0 Å². The summed E-state index contributed by atoms with van der Waals surface area (Å²) in [4.78, 5) is 14.5. The molecule has 0 aromatic rings. The molecule has 134 valence electrons. The van der Waals surface area contributed by atoms with Crippen LogP contribution in [0.2, 0.25) is 0 Å². The van der Waals surface area contributed by atoms with Gasteiger partial charge in [-0.2, -0.15) is 0 Å². The zero-order valence-electron chi connectivity index (χ0n) is 15.5. The van der Waals surface area contributed by atoms with Crippen molar-refractivity contribution in [1.29, 1.82) is 0 Å². The number of hydrogen-bond donors (Lipinski definition) is 3. The summed E-state index contributed by atoms with van der Waals surface area (Å²) in [6.07, 6.45) is 1.51. The number of carbonyl (C=O) groups excluding carboxylic acids is 1. The molecule has 1 heterocycles. The van der Waals surface area contributed by atoms with Crippen LogP contribution < -0.4 is 10.6 Å². The van der Waals surface area contributed by atoms with Gasteiger partial charge in [0.2, 0.25) is 0 Å². The molecule has 0 bridgehead atoms. The quantitative estimate of drug-likeness (QED) is 0.630. The van der Waals surface area contributed by atoms with Crippen molar-refractivity contribution in [2.75, 3.05) is 26.2 Å². The number of rotatable bonds is 7. The Morgan fingerprint density at radius 2 is 1.91 bits per heavy atom.